The highest BCUT2D eigenvalue weighted by Gasteiger charge is 2.60. The molecular formula is C21H29ClO3. The number of carbonyl (C=O) groups is 2. The zero-order chi connectivity index (χ0) is 18.0. The van der Waals surface area contributed by atoms with Crippen molar-refractivity contribution in [2.75, 3.05) is 5.88 Å². The molecule has 0 spiro atoms. The third kappa shape index (κ3) is 2.41. The van der Waals surface area contributed by atoms with Gasteiger partial charge in [-0.2, -0.15) is 0 Å². The van der Waals surface area contributed by atoms with E-state index >= 15 is 0 Å². The van der Waals surface area contributed by atoms with Gasteiger partial charge in [0, 0.05) is 12.3 Å². The van der Waals surface area contributed by atoms with E-state index in [1.165, 1.54) is 5.57 Å². The van der Waals surface area contributed by atoms with Crippen molar-refractivity contribution in [3.8, 4) is 0 Å². The summed E-state index contributed by atoms with van der Waals surface area (Å²) in [4.78, 5) is 24.6. The van der Waals surface area contributed by atoms with E-state index in [-0.39, 0.29) is 34.2 Å². The number of fused-ring (bicyclic) bond motifs is 5. The summed E-state index contributed by atoms with van der Waals surface area (Å²) in [6, 6.07) is 0. The Bertz CT molecular complexity index is 641. The fourth-order valence-corrected chi connectivity index (χ4v) is 7.40. The van der Waals surface area contributed by atoms with Gasteiger partial charge in [-0.3, -0.25) is 9.59 Å². The zero-order valence-corrected chi connectivity index (χ0v) is 16.0. The molecule has 4 rings (SSSR count). The van der Waals surface area contributed by atoms with Crippen LogP contribution in [0, 0.1) is 34.5 Å². The molecule has 1 N–H and O–H groups in total. The molecule has 0 radical (unpaired) electrons. The van der Waals surface area contributed by atoms with Crippen molar-refractivity contribution in [1.82, 2.24) is 0 Å². The van der Waals surface area contributed by atoms with Gasteiger partial charge in [-0.15, -0.1) is 11.6 Å². The van der Waals surface area contributed by atoms with Gasteiger partial charge in [-0.1, -0.05) is 19.4 Å². The number of halogens is 1. The standard InChI is InChI=1S/C21H29ClO3/c1-20-8-7-15-13(14(20)5-6-16(20)19(25)11-22)4-3-12-9-17(23)18(24)10-21(12,15)2/h9,13-17,23H,3-8,10-11H2,1-2H3/t13-,14-,15-,16+,17?,20-,21-/m0/s1. The molecule has 4 aliphatic rings. The number of aliphatic hydroxyl groups excluding tert-OH is 1. The summed E-state index contributed by atoms with van der Waals surface area (Å²) in [6.07, 6.45) is 7.79. The fraction of sp³-hybridized carbons (Fsp3) is 0.810. The Hall–Kier alpha value is -0.670. The van der Waals surface area contributed by atoms with Crippen LogP contribution >= 0.6 is 11.6 Å². The lowest BCUT2D eigenvalue weighted by molar-refractivity contribution is -0.133. The van der Waals surface area contributed by atoms with Crippen molar-refractivity contribution >= 4 is 23.2 Å². The predicted octanol–water partition coefficient (Wildman–Crippen LogP) is 3.91. The molecule has 3 saturated carbocycles. The van der Waals surface area contributed by atoms with E-state index in [1.54, 1.807) is 0 Å². The molecule has 0 bridgehead atoms. The molecule has 0 saturated heterocycles. The maximum atomic E-state index is 12.4. The predicted molar refractivity (Wildman–Crippen MR) is 97.3 cm³/mol. The topological polar surface area (TPSA) is 54.4 Å². The van der Waals surface area contributed by atoms with Gasteiger partial charge in [0.05, 0.1) is 5.88 Å². The summed E-state index contributed by atoms with van der Waals surface area (Å²) in [5.41, 5.74) is 1.30. The van der Waals surface area contributed by atoms with Gasteiger partial charge in [-0.25, -0.2) is 0 Å². The van der Waals surface area contributed by atoms with Gasteiger partial charge in [0.1, 0.15) is 6.10 Å². The molecule has 7 atom stereocenters. The van der Waals surface area contributed by atoms with Crippen LogP contribution in [0.15, 0.2) is 11.6 Å². The molecular weight excluding hydrogens is 336 g/mol. The lowest BCUT2D eigenvalue weighted by atomic mass is 9.46. The summed E-state index contributed by atoms with van der Waals surface area (Å²) in [6.45, 7) is 4.57. The summed E-state index contributed by atoms with van der Waals surface area (Å²) < 4.78 is 0. The second-order valence-electron chi connectivity index (χ2n) is 9.39. The normalized spacial score (nSPS) is 49.0. The number of carbonyl (C=O) groups excluding carboxylic acids is 2. The number of alkyl halides is 1. The SMILES string of the molecule is C[C@]12CC[C@H]3[C@@H](CCC4=CC(O)C(=O)C[C@@]43C)[C@@H]1CC[C@@H]2C(=O)CCl. The average Bonchev–Trinajstić information content (AvgIpc) is 2.93. The number of hydrogen-bond acceptors (Lipinski definition) is 3. The first kappa shape index (κ1) is 17.7. The van der Waals surface area contributed by atoms with E-state index < -0.39 is 6.10 Å². The van der Waals surface area contributed by atoms with Gasteiger partial charge in [-0.05, 0) is 73.2 Å². The Balaban J connectivity index is 1.65. The van der Waals surface area contributed by atoms with E-state index in [1.807, 2.05) is 6.08 Å². The molecule has 4 aliphatic carbocycles. The molecule has 0 heterocycles. The number of allylic oxidation sites excluding steroid dienone is 1. The van der Waals surface area contributed by atoms with Crippen LogP contribution in [0.5, 0.6) is 0 Å². The van der Waals surface area contributed by atoms with Crippen LogP contribution in [0.3, 0.4) is 0 Å². The first-order valence-corrected chi connectivity index (χ1v) is 10.4. The van der Waals surface area contributed by atoms with Crippen LogP contribution in [0.2, 0.25) is 0 Å². The van der Waals surface area contributed by atoms with E-state index in [9.17, 15) is 14.7 Å². The Labute approximate surface area is 155 Å². The first-order valence-electron chi connectivity index (χ1n) is 9.82. The van der Waals surface area contributed by atoms with Gasteiger partial charge >= 0.3 is 0 Å². The monoisotopic (exact) mass is 364 g/mol. The van der Waals surface area contributed by atoms with Crippen molar-refractivity contribution in [1.29, 1.82) is 0 Å². The Morgan fingerprint density at radius 1 is 1.24 bits per heavy atom. The maximum absolute atomic E-state index is 12.4. The van der Waals surface area contributed by atoms with E-state index in [0.29, 0.717) is 24.2 Å². The van der Waals surface area contributed by atoms with E-state index in [0.717, 1.165) is 38.5 Å². The zero-order valence-electron chi connectivity index (χ0n) is 15.3. The van der Waals surface area contributed by atoms with Gasteiger partial charge in [0.15, 0.2) is 11.6 Å². The van der Waals surface area contributed by atoms with Gasteiger partial charge in [0.25, 0.3) is 0 Å². The highest BCUT2D eigenvalue weighted by molar-refractivity contribution is 6.28. The second kappa shape index (κ2) is 5.92. The van der Waals surface area contributed by atoms with Gasteiger partial charge < -0.3 is 5.11 Å². The number of aliphatic hydroxyl groups is 1. The summed E-state index contributed by atoms with van der Waals surface area (Å²) in [5.74, 6) is 2.13. The summed E-state index contributed by atoms with van der Waals surface area (Å²) in [7, 11) is 0. The minimum Gasteiger partial charge on any atom is -0.381 e. The molecule has 0 amide bonds. The van der Waals surface area contributed by atoms with Crippen LogP contribution in [-0.4, -0.2) is 28.7 Å². The fourth-order valence-electron chi connectivity index (χ4n) is 7.22. The largest absolute Gasteiger partial charge is 0.381 e. The number of Topliss-reactive ketones (excluding diaryl/α,β-unsaturated/α-hetero) is 2. The number of ketones is 2. The van der Waals surface area contributed by atoms with Crippen LogP contribution < -0.4 is 0 Å². The minimum atomic E-state index is -0.898. The Kier molecular flexibility index (Phi) is 4.20. The molecule has 138 valence electrons. The lowest BCUT2D eigenvalue weighted by Gasteiger charge is -2.58. The molecule has 0 aromatic rings. The quantitative estimate of drug-likeness (QED) is 0.597. The molecule has 3 nitrogen and oxygen atoms in total. The summed E-state index contributed by atoms with van der Waals surface area (Å²) in [5, 5.41) is 9.97. The molecule has 3 fully saturated rings. The van der Waals surface area contributed by atoms with Crippen LogP contribution in [0.25, 0.3) is 0 Å². The van der Waals surface area contributed by atoms with E-state index in [2.05, 4.69) is 13.8 Å². The molecule has 4 heteroatoms. The minimum absolute atomic E-state index is 0.0261. The highest BCUT2D eigenvalue weighted by atomic mass is 35.5. The molecule has 1 unspecified atom stereocenters. The van der Waals surface area contributed by atoms with E-state index in [4.69, 9.17) is 11.6 Å². The smallest absolute Gasteiger partial charge is 0.166 e. The van der Waals surface area contributed by atoms with Crippen LogP contribution in [0.1, 0.15) is 58.8 Å². The number of hydrogen-bond donors (Lipinski definition) is 1. The summed E-state index contributed by atoms with van der Waals surface area (Å²) >= 11 is 5.89. The average molecular weight is 365 g/mol. The Morgan fingerprint density at radius 2 is 2.00 bits per heavy atom. The van der Waals surface area contributed by atoms with Crippen molar-refractivity contribution in [3.05, 3.63) is 11.6 Å². The Morgan fingerprint density at radius 3 is 2.72 bits per heavy atom. The van der Waals surface area contributed by atoms with Crippen molar-refractivity contribution in [3.63, 3.8) is 0 Å². The third-order valence-electron chi connectivity index (χ3n) is 8.49. The first-order chi connectivity index (χ1) is 11.8. The lowest BCUT2D eigenvalue weighted by Crippen LogP contribution is -2.52. The molecule has 0 aromatic heterocycles. The van der Waals surface area contributed by atoms with Crippen LogP contribution in [-0.2, 0) is 9.59 Å². The second-order valence-corrected chi connectivity index (χ2v) is 9.65. The van der Waals surface area contributed by atoms with Crippen molar-refractivity contribution in [2.45, 2.75) is 64.9 Å². The molecule has 0 aromatic carbocycles. The maximum Gasteiger partial charge on any atom is 0.166 e. The molecule has 0 aliphatic heterocycles. The highest BCUT2D eigenvalue weighted by Crippen LogP contribution is 2.66. The molecule has 25 heavy (non-hydrogen) atoms. The van der Waals surface area contributed by atoms with Crippen molar-refractivity contribution < 1.29 is 14.7 Å². The van der Waals surface area contributed by atoms with Crippen LogP contribution in [0.4, 0.5) is 0 Å². The van der Waals surface area contributed by atoms with Gasteiger partial charge in [0.2, 0.25) is 0 Å². The number of rotatable bonds is 2. The van der Waals surface area contributed by atoms with Crippen molar-refractivity contribution in [2.24, 2.45) is 34.5 Å². The third-order valence-corrected chi connectivity index (χ3v) is 8.75.